The Bertz CT molecular complexity index is 314. The normalized spacial score (nSPS) is 29.9. The Kier molecular flexibility index (Phi) is 5.18. The minimum atomic E-state index is -1.63. The molecule has 5 heteroatoms. The molecule has 104 valence electrons. The van der Waals surface area contributed by atoms with Gasteiger partial charge in [0.15, 0.2) is 16.6 Å². The van der Waals surface area contributed by atoms with E-state index in [0.29, 0.717) is 0 Å². The van der Waals surface area contributed by atoms with Crippen molar-refractivity contribution in [2.24, 2.45) is 0 Å². The molecule has 0 aromatic heterocycles. The van der Waals surface area contributed by atoms with Crippen LogP contribution in [0.3, 0.4) is 0 Å². The number of nitrogens with zero attached hydrogens (tertiary/aromatic N) is 1. The van der Waals surface area contributed by atoms with Crippen LogP contribution in [-0.4, -0.2) is 34.9 Å². The standard InChI is InChI=1S/C13H27NO2Si2/c1-14-11-9-8-10-12(15-17(2,3)4)13(11)16-18(5,6)7/h11-13H,8-10H2,2-7H3/t11-,12-,13+/m1/s1. The molecule has 1 aliphatic rings. The molecule has 1 rings (SSSR count). The van der Waals surface area contributed by atoms with Crippen LogP contribution in [0.2, 0.25) is 39.3 Å². The summed E-state index contributed by atoms with van der Waals surface area (Å²) >= 11 is 0. The molecule has 0 aliphatic heterocycles. The Morgan fingerprint density at radius 2 is 1.50 bits per heavy atom. The monoisotopic (exact) mass is 285 g/mol. The summed E-state index contributed by atoms with van der Waals surface area (Å²) in [5.74, 6) is 0. The molecule has 0 heterocycles. The summed E-state index contributed by atoms with van der Waals surface area (Å²) in [5, 5.41) is 0. The van der Waals surface area contributed by atoms with Gasteiger partial charge in [0.25, 0.3) is 6.04 Å². The van der Waals surface area contributed by atoms with Crippen molar-refractivity contribution < 1.29 is 8.85 Å². The molecule has 18 heavy (non-hydrogen) atoms. The van der Waals surface area contributed by atoms with Crippen LogP contribution in [0.4, 0.5) is 0 Å². The number of hydrogen-bond donors (Lipinski definition) is 0. The molecular weight excluding hydrogens is 258 g/mol. The summed E-state index contributed by atoms with van der Waals surface area (Å²) in [6.07, 6.45) is 3.23. The van der Waals surface area contributed by atoms with E-state index in [-0.39, 0.29) is 18.2 Å². The van der Waals surface area contributed by atoms with E-state index in [0.717, 1.165) is 19.3 Å². The summed E-state index contributed by atoms with van der Waals surface area (Å²) in [6, 6.07) is -0.00757. The first-order chi connectivity index (χ1) is 8.12. The minimum absolute atomic E-state index is 0.00496. The quantitative estimate of drug-likeness (QED) is 0.577. The van der Waals surface area contributed by atoms with Gasteiger partial charge in [-0.1, -0.05) is 0 Å². The van der Waals surface area contributed by atoms with Crippen molar-refractivity contribution >= 4 is 16.6 Å². The maximum atomic E-state index is 7.37. The predicted octanol–water partition coefficient (Wildman–Crippen LogP) is 3.90. The number of rotatable bonds is 4. The molecule has 0 radical (unpaired) electrons. The van der Waals surface area contributed by atoms with E-state index in [9.17, 15) is 0 Å². The Labute approximate surface area is 114 Å². The molecule has 0 aromatic rings. The smallest absolute Gasteiger partial charge is 0.250 e. The van der Waals surface area contributed by atoms with Crippen LogP contribution in [0.1, 0.15) is 19.3 Å². The fourth-order valence-corrected chi connectivity index (χ4v) is 4.67. The van der Waals surface area contributed by atoms with Crippen LogP contribution in [0.25, 0.3) is 4.85 Å². The molecule has 0 aromatic carbocycles. The molecule has 1 fully saturated rings. The predicted molar refractivity (Wildman–Crippen MR) is 80.7 cm³/mol. The summed E-state index contributed by atoms with van der Waals surface area (Å²) in [6.45, 7) is 20.6. The average Bonchev–Trinajstić information content (AvgIpc) is 2.16. The topological polar surface area (TPSA) is 22.8 Å². The third-order valence-corrected chi connectivity index (χ3v) is 4.88. The van der Waals surface area contributed by atoms with Crippen LogP contribution in [0, 0.1) is 6.57 Å². The summed E-state index contributed by atoms with van der Waals surface area (Å²) < 4.78 is 12.5. The summed E-state index contributed by atoms with van der Waals surface area (Å²) in [7, 11) is -3.20. The molecule has 3 nitrogen and oxygen atoms in total. The van der Waals surface area contributed by atoms with Gasteiger partial charge in [0.2, 0.25) is 0 Å². The van der Waals surface area contributed by atoms with Gasteiger partial charge in [-0.3, -0.25) is 0 Å². The molecule has 0 saturated heterocycles. The van der Waals surface area contributed by atoms with Gasteiger partial charge < -0.3 is 13.7 Å². The van der Waals surface area contributed by atoms with Crippen LogP contribution >= 0.6 is 0 Å². The van der Waals surface area contributed by atoms with Crippen molar-refractivity contribution in [1.82, 2.24) is 0 Å². The van der Waals surface area contributed by atoms with Gasteiger partial charge >= 0.3 is 0 Å². The Morgan fingerprint density at radius 1 is 0.944 bits per heavy atom. The lowest BCUT2D eigenvalue weighted by Gasteiger charge is -2.38. The van der Waals surface area contributed by atoms with Crippen LogP contribution < -0.4 is 0 Å². The zero-order chi connectivity index (χ0) is 14.0. The molecule has 0 bridgehead atoms. The van der Waals surface area contributed by atoms with Gasteiger partial charge in [-0.25, -0.2) is 6.57 Å². The van der Waals surface area contributed by atoms with E-state index in [4.69, 9.17) is 15.4 Å². The molecule has 3 atom stereocenters. The van der Waals surface area contributed by atoms with Crippen LogP contribution in [-0.2, 0) is 8.85 Å². The van der Waals surface area contributed by atoms with E-state index in [2.05, 4.69) is 44.1 Å². The lowest BCUT2D eigenvalue weighted by atomic mass is 9.91. The highest BCUT2D eigenvalue weighted by Crippen LogP contribution is 2.30. The maximum Gasteiger partial charge on any atom is 0.250 e. The van der Waals surface area contributed by atoms with E-state index >= 15 is 0 Å². The molecular formula is C13H27NO2Si2. The van der Waals surface area contributed by atoms with Crippen LogP contribution in [0.15, 0.2) is 0 Å². The zero-order valence-electron chi connectivity index (χ0n) is 12.6. The highest BCUT2D eigenvalue weighted by molar-refractivity contribution is 6.70. The van der Waals surface area contributed by atoms with Crippen molar-refractivity contribution in [3.05, 3.63) is 11.4 Å². The van der Waals surface area contributed by atoms with Gasteiger partial charge in [-0.2, -0.15) is 0 Å². The van der Waals surface area contributed by atoms with E-state index in [1.165, 1.54) is 0 Å². The fourth-order valence-electron chi connectivity index (χ4n) is 2.39. The lowest BCUT2D eigenvalue weighted by Crippen LogP contribution is -2.51. The third-order valence-electron chi connectivity index (χ3n) is 2.89. The summed E-state index contributed by atoms with van der Waals surface area (Å²) in [4.78, 5) is 3.78. The van der Waals surface area contributed by atoms with Gasteiger partial charge in [0.1, 0.15) is 6.10 Å². The fraction of sp³-hybridized carbons (Fsp3) is 0.923. The number of hydrogen-bond acceptors (Lipinski definition) is 2. The molecule has 0 spiro atoms. The highest BCUT2D eigenvalue weighted by Gasteiger charge is 2.42. The first-order valence-electron chi connectivity index (χ1n) is 6.84. The Hall–Kier alpha value is -0.156. The largest absolute Gasteiger partial charge is 0.412 e. The maximum absolute atomic E-state index is 7.37. The summed E-state index contributed by atoms with van der Waals surface area (Å²) in [5.41, 5.74) is 0. The average molecular weight is 286 g/mol. The first-order valence-corrected chi connectivity index (χ1v) is 13.7. The molecule has 0 N–H and O–H groups in total. The van der Waals surface area contributed by atoms with E-state index in [1.54, 1.807) is 0 Å². The van der Waals surface area contributed by atoms with Crippen molar-refractivity contribution in [3.63, 3.8) is 0 Å². The van der Waals surface area contributed by atoms with Gasteiger partial charge in [-0.05, 0) is 52.1 Å². The van der Waals surface area contributed by atoms with Gasteiger partial charge in [0.05, 0.1) is 6.10 Å². The highest BCUT2D eigenvalue weighted by atomic mass is 28.4. The van der Waals surface area contributed by atoms with Crippen LogP contribution in [0.5, 0.6) is 0 Å². The second-order valence-corrected chi connectivity index (χ2v) is 16.0. The second-order valence-electron chi connectivity index (χ2n) is 7.09. The molecule has 1 aliphatic carbocycles. The third kappa shape index (κ3) is 5.23. The van der Waals surface area contributed by atoms with Gasteiger partial charge in [0, 0.05) is 6.42 Å². The molecule has 1 saturated carbocycles. The Morgan fingerprint density at radius 3 is 1.94 bits per heavy atom. The van der Waals surface area contributed by atoms with Crippen molar-refractivity contribution in [2.75, 3.05) is 0 Å². The SMILES string of the molecule is [C-]#[N+][C@@H]1CCC[C@@H](O[Si](C)(C)C)[C@H]1O[Si](C)(C)C. The Balaban J connectivity index is 2.81. The first kappa shape index (κ1) is 15.9. The van der Waals surface area contributed by atoms with Crippen molar-refractivity contribution in [2.45, 2.75) is 76.8 Å². The second kappa shape index (κ2) is 5.87. The lowest BCUT2D eigenvalue weighted by molar-refractivity contribution is 0.00947. The van der Waals surface area contributed by atoms with Crippen molar-refractivity contribution in [1.29, 1.82) is 0 Å². The molecule has 0 unspecified atom stereocenters. The molecule has 0 amide bonds. The van der Waals surface area contributed by atoms with Crippen molar-refractivity contribution in [3.8, 4) is 0 Å². The van der Waals surface area contributed by atoms with Gasteiger partial charge in [-0.15, -0.1) is 0 Å². The zero-order valence-corrected chi connectivity index (χ0v) is 14.6. The minimum Gasteiger partial charge on any atom is -0.412 e. The van der Waals surface area contributed by atoms with E-state index < -0.39 is 16.6 Å². The van der Waals surface area contributed by atoms with E-state index in [1.807, 2.05) is 0 Å².